The zero-order valence-electron chi connectivity index (χ0n) is 19.6. The topological polar surface area (TPSA) is 32.6 Å². The first-order valence-corrected chi connectivity index (χ1v) is 12.7. The van der Waals surface area contributed by atoms with Crippen molar-refractivity contribution in [2.75, 3.05) is 0 Å². The SMILES string of the molecule is C=C(C)C(CC[C@@H](C)[C@H]1CC[C@H]2[C@@H]3CCC4CCCC[C@]4(C)[C@H]3CC[C@]12C)=NO. The van der Waals surface area contributed by atoms with Gasteiger partial charge in [0.2, 0.25) is 0 Å². The van der Waals surface area contributed by atoms with Crippen LogP contribution in [-0.4, -0.2) is 10.9 Å². The second-order valence-electron chi connectivity index (χ2n) is 12.0. The molecule has 4 aliphatic carbocycles. The zero-order chi connectivity index (χ0) is 20.8. The van der Waals surface area contributed by atoms with Gasteiger partial charge < -0.3 is 5.21 Å². The van der Waals surface area contributed by atoms with Crippen LogP contribution in [0.4, 0.5) is 0 Å². The Hall–Kier alpha value is -0.790. The van der Waals surface area contributed by atoms with E-state index in [2.05, 4.69) is 32.5 Å². The molecule has 0 radical (unpaired) electrons. The minimum Gasteiger partial charge on any atom is -0.411 e. The molecule has 0 saturated heterocycles. The molecule has 4 rings (SSSR count). The zero-order valence-corrected chi connectivity index (χ0v) is 19.6. The van der Waals surface area contributed by atoms with Gasteiger partial charge in [0, 0.05) is 0 Å². The Morgan fingerprint density at radius 1 is 1.00 bits per heavy atom. The number of hydrogen-bond donors (Lipinski definition) is 1. The van der Waals surface area contributed by atoms with Crippen LogP contribution in [0.2, 0.25) is 0 Å². The molecule has 2 nitrogen and oxygen atoms in total. The summed E-state index contributed by atoms with van der Waals surface area (Å²) in [6.45, 7) is 13.8. The molecule has 4 fully saturated rings. The van der Waals surface area contributed by atoms with Crippen LogP contribution in [0.15, 0.2) is 17.3 Å². The predicted molar refractivity (Wildman–Crippen MR) is 122 cm³/mol. The highest BCUT2D eigenvalue weighted by molar-refractivity contribution is 5.98. The molecular formula is C27H45NO. The van der Waals surface area contributed by atoms with Crippen LogP contribution >= 0.6 is 0 Å². The molecular weight excluding hydrogens is 354 g/mol. The van der Waals surface area contributed by atoms with E-state index >= 15 is 0 Å². The van der Waals surface area contributed by atoms with Crippen molar-refractivity contribution in [3.63, 3.8) is 0 Å². The number of nitrogens with zero attached hydrogens (tertiary/aromatic N) is 1. The summed E-state index contributed by atoms with van der Waals surface area (Å²) >= 11 is 0. The van der Waals surface area contributed by atoms with Crippen LogP contribution in [0.3, 0.4) is 0 Å². The lowest BCUT2D eigenvalue weighted by atomic mass is 9.44. The maximum Gasteiger partial charge on any atom is 0.0818 e. The van der Waals surface area contributed by atoms with E-state index in [9.17, 15) is 5.21 Å². The molecule has 0 aromatic carbocycles. The normalized spacial score (nSPS) is 45.8. The molecule has 1 unspecified atom stereocenters. The summed E-state index contributed by atoms with van der Waals surface area (Å²) in [6, 6.07) is 0. The summed E-state index contributed by atoms with van der Waals surface area (Å²) in [6.07, 6.45) is 16.9. The Labute approximate surface area is 179 Å². The third kappa shape index (κ3) is 3.51. The van der Waals surface area contributed by atoms with Crippen molar-refractivity contribution in [3.05, 3.63) is 12.2 Å². The van der Waals surface area contributed by atoms with Crippen molar-refractivity contribution in [1.29, 1.82) is 0 Å². The number of fused-ring (bicyclic) bond motifs is 5. The maximum atomic E-state index is 9.29. The van der Waals surface area contributed by atoms with Gasteiger partial charge in [-0.1, -0.05) is 45.3 Å². The highest BCUT2D eigenvalue weighted by atomic mass is 16.4. The molecule has 0 spiro atoms. The molecule has 4 saturated carbocycles. The highest BCUT2D eigenvalue weighted by Gasteiger charge is 2.60. The van der Waals surface area contributed by atoms with Gasteiger partial charge in [0.25, 0.3) is 0 Å². The van der Waals surface area contributed by atoms with Gasteiger partial charge in [-0.25, -0.2) is 0 Å². The molecule has 29 heavy (non-hydrogen) atoms. The molecule has 4 aliphatic rings. The first-order valence-electron chi connectivity index (χ1n) is 12.7. The quantitative estimate of drug-likeness (QED) is 0.285. The minimum absolute atomic E-state index is 0.540. The van der Waals surface area contributed by atoms with Gasteiger partial charge in [0.1, 0.15) is 0 Å². The molecule has 2 heteroatoms. The van der Waals surface area contributed by atoms with E-state index in [1.165, 1.54) is 64.2 Å². The molecule has 164 valence electrons. The van der Waals surface area contributed by atoms with Crippen molar-refractivity contribution in [2.24, 2.45) is 51.5 Å². The van der Waals surface area contributed by atoms with Gasteiger partial charge >= 0.3 is 0 Å². The second kappa shape index (κ2) is 8.04. The summed E-state index contributed by atoms with van der Waals surface area (Å²) in [5.74, 6) is 5.53. The molecule has 8 atom stereocenters. The smallest absolute Gasteiger partial charge is 0.0818 e. The Morgan fingerprint density at radius 3 is 2.48 bits per heavy atom. The molecule has 0 bridgehead atoms. The van der Waals surface area contributed by atoms with Gasteiger partial charge in [-0.2, -0.15) is 0 Å². The lowest BCUT2D eigenvalue weighted by Crippen LogP contribution is -2.53. The van der Waals surface area contributed by atoms with Gasteiger partial charge in [-0.15, -0.1) is 0 Å². The molecule has 0 heterocycles. The van der Waals surface area contributed by atoms with Gasteiger partial charge in [-0.05, 0) is 123 Å². The average Bonchev–Trinajstić information content (AvgIpc) is 3.05. The molecule has 1 N–H and O–H groups in total. The first-order chi connectivity index (χ1) is 13.8. The van der Waals surface area contributed by atoms with E-state index in [0.29, 0.717) is 16.7 Å². The van der Waals surface area contributed by atoms with Crippen LogP contribution in [0.25, 0.3) is 0 Å². The maximum absolute atomic E-state index is 9.29. The molecule has 0 aromatic rings. The minimum atomic E-state index is 0.540. The van der Waals surface area contributed by atoms with Crippen molar-refractivity contribution in [1.82, 2.24) is 0 Å². The summed E-state index contributed by atoms with van der Waals surface area (Å²) in [5.41, 5.74) is 2.90. The number of hydrogen-bond acceptors (Lipinski definition) is 2. The Balaban J connectivity index is 1.47. The number of allylic oxidation sites excluding steroid dienone is 1. The Bertz CT molecular complexity index is 653. The fourth-order valence-electron chi connectivity index (χ4n) is 9.18. The lowest BCUT2D eigenvalue weighted by molar-refractivity contribution is -0.114. The van der Waals surface area contributed by atoms with Crippen molar-refractivity contribution < 1.29 is 5.21 Å². The first kappa shape index (κ1) is 21.4. The van der Waals surface area contributed by atoms with E-state index in [-0.39, 0.29) is 0 Å². The van der Waals surface area contributed by atoms with E-state index in [1.54, 1.807) is 0 Å². The van der Waals surface area contributed by atoms with Crippen molar-refractivity contribution >= 4 is 5.71 Å². The molecule has 0 aliphatic heterocycles. The molecule has 0 aromatic heterocycles. The standard InChI is InChI=1S/C27H45NO/c1-18(2)25(28-29)14-9-19(3)22-12-13-23-21-11-10-20-8-6-7-16-26(20,4)24(21)15-17-27(22,23)5/h19-24,29H,1,6-17H2,2-5H3/t19-,20?,21+,22-,23+,24+,26+,27-/m1/s1. The average molecular weight is 400 g/mol. The predicted octanol–water partition coefficient (Wildman–Crippen LogP) is 7.86. The van der Waals surface area contributed by atoms with Crippen LogP contribution in [0.5, 0.6) is 0 Å². The fraction of sp³-hybridized carbons (Fsp3) is 0.889. The van der Waals surface area contributed by atoms with Crippen molar-refractivity contribution in [3.8, 4) is 0 Å². The summed E-state index contributed by atoms with van der Waals surface area (Å²) in [7, 11) is 0. The van der Waals surface area contributed by atoms with Crippen LogP contribution in [0.1, 0.15) is 105 Å². The van der Waals surface area contributed by atoms with Crippen LogP contribution in [0, 0.1) is 46.3 Å². The Morgan fingerprint density at radius 2 is 1.76 bits per heavy atom. The van der Waals surface area contributed by atoms with Gasteiger partial charge in [0.15, 0.2) is 0 Å². The third-order valence-electron chi connectivity index (χ3n) is 10.8. The lowest BCUT2D eigenvalue weighted by Gasteiger charge is -2.61. The number of rotatable bonds is 5. The van der Waals surface area contributed by atoms with Gasteiger partial charge in [0.05, 0.1) is 5.71 Å². The highest BCUT2D eigenvalue weighted by Crippen LogP contribution is 2.68. The summed E-state index contributed by atoms with van der Waals surface area (Å²) in [5, 5.41) is 12.8. The van der Waals surface area contributed by atoms with E-state index in [1.807, 2.05) is 6.92 Å². The van der Waals surface area contributed by atoms with Crippen molar-refractivity contribution in [2.45, 2.75) is 105 Å². The third-order valence-corrected chi connectivity index (χ3v) is 10.8. The molecule has 0 amide bonds. The summed E-state index contributed by atoms with van der Waals surface area (Å²) < 4.78 is 0. The van der Waals surface area contributed by atoms with Crippen LogP contribution in [-0.2, 0) is 0 Å². The van der Waals surface area contributed by atoms with Crippen LogP contribution < -0.4 is 0 Å². The number of oxime groups is 1. The van der Waals surface area contributed by atoms with E-state index in [0.717, 1.165) is 53.7 Å². The van der Waals surface area contributed by atoms with Gasteiger partial charge in [-0.3, -0.25) is 0 Å². The monoisotopic (exact) mass is 399 g/mol. The summed E-state index contributed by atoms with van der Waals surface area (Å²) in [4.78, 5) is 0. The fourth-order valence-corrected chi connectivity index (χ4v) is 9.18. The van der Waals surface area contributed by atoms with E-state index in [4.69, 9.17) is 0 Å². The van der Waals surface area contributed by atoms with E-state index < -0.39 is 0 Å². The second-order valence-corrected chi connectivity index (χ2v) is 12.0. The Kier molecular flexibility index (Phi) is 5.95. The largest absolute Gasteiger partial charge is 0.411 e.